The van der Waals surface area contributed by atoms with E-state index in [0.29, 0.717) is 11.8 Å². The summed E-state index contributed by atoms with van der Waals surface area (Å²) in [6, 6.07) is 6.91. The van der Waals surface area contributed by atoms with Crippen LogP contribution in [0.15, 0.2) is 24.3 Å². The molecule has 102 valence electrons. The maximum Gasteiger partial charge on any atom is 0.123 e. The number of nitrogens with one attached hydrogen (secondary N) is 1. The van der Waals surface area contributed by atoms with Crippen molar-refractivity contribution in [2.24, 2.45) is 17.8 Å². The summed E-state index contributed by atoms with van der Waals surface area (Å²) >= 11 is 0. The Hall–Kier alpha value is -0.890. The molecule has 18 heavy (non-hydrogen) atoms. The van der Waals surface area contributed by atoms with E-state index < -0.39 is 0 Å². The molecule has 0 heterocycles. The van der Waals surface area contributed by atoms with Crippen molar-refractivity contribution in [1.82, 2.24) is 5.32 Å². The van der Waals surface area contributed by atoms with Crippen LogP contribution in [0.5, 0.6) is 0 Å². The molecule has 0 amide bonds. The molecule has 1 rings (SSSR count). The predicted octanol–water partition coefficient (Wildman–Crippen LogP) is 3.89. The normalized spacial score (nSPS) is 14.8. The average Bonchev–Trinajstić information content (AvgIpc) is 2.30. The fraction of sp³-hybridized carbons (Fsp3) is 0.625. The minimum Gasteiger partial charge on any atom is -0.319 e. The molecule has 0 radical (unpaired) electrons. The summed E-state index contributed by atoms with van der Waals surface area (Å²) in [5.41, 5.74) is 1.23. The van der Waals surface area contributed by atoms with E-state index in [2.05, 4.69) is 26.1 Å². The molecule has 2 atom stereocenters. The summed E-state index contributed by atoms with van der Waals surface area (Å²) in [7, 11) is 2.00. The lowest BCUT2D eigenvalue weighted by molar-refractivity contribution is 0.295. The number of benzene rings is 1. The second-order valence-electron chi connectivity index (χ2n) is 5.76. The molecule has 1 N–H and O–H groups in total. The van der Waals surface area contributed by atoms with Crippen LogP contribution in [0.4, 0.5) is 4.39 Å². The lowest BCUT2D eigenvalue weighted by Crippen LogP contribution is -2.27. The molecule has 0 aliphatic heterocycles. The van der Waals surface area contributed by atoms with Gasteiger partial charge in [-0.15, -0.1) is 0 Å². The van der Waals surface area contributed by atoms with Crippen molar-refractivity contribution in [3.63, 3.8) is 0 Å². The van der Waals surface area contributed by atoms with Gasteiger partial charge in [-0.25, -0.2) is 4.39 Å². The standard InChI is InChI=1S/C16H26FN/c1-12(2)9-13(3)15(11-18-4)10-14-5-7-16(17)8-6-14/h5-8,12-13,15,18H,9-11H2,1-4H3. The molecule has 2 heteroatoms. The van der Waals surface area contributed by atoms with Crippen molar-refractivity contribution in [2.75, 3.05) is 13.6 Å². The zero-order chi connectivity index (χ0) is 13.5. The third-order valence-electron chi connectivity index (χ3n) is 3.53. The smallest absolute Gasteiger partial charge is 0.123 e. The van der Waals surface area contributed by atoms with Crippen LogP contribution in [0.2, 0.25) is 0 Å². The highest BCUT2D eigenvalue weighted by Crippen LogP contribution is 2.23. The first-order chi connectivity index (χ1) is 8.52. The fourth-order valence-electron chi connectivity index (χ4n) is 2.60. The Bertz CT molecular complexity index is 331. The quantitative estimate of drug-likeness (QED) is 0.775. The Morgan fingerprint density at radius 2 is 1.72 bits per heavy atom. The number of rotatable bonds is 7. The van der Waals surface area contributed by atoms with E-state index in [1.54, 1.807) is 12.1 Å². The van der Waals surface area contributed by atoms with Gasteiger partial charge in [-0.05, 0) is 61.9 Å². The van der Waals surface area contributed by atoms with Gasteiger partial charge in [-0.1, -0.05) is 32.9 Å². The van der Waals surface area contributed by atoms with Gasteiger partial charge in [0.1, 0.15) is 5.82 Å². The van der Waals surface area contributed by atoms with Crippen LogP contribution in [0.1, 0.15) is 32.8 Å². The molecule has 0 saturated carbocycles. The van der Waals surface area contributed by atoms with Crippen molar-refractivity contribution in [1.29, 1.82) is 0 Å². The Morgan fingerprint density at radius 3 is 2.22 bits per heavy atom. The molecule has 0 spiro atoms. The van der Waals surface area contributed by atoms with Crippen molar-refractivity contribution >= 4 is 0 Å². The molecule has 0 aliphatic carbocycles. The van der Waals surface area contributed by atoms with Crippen LogP contribution in [-0.2, 0) is 6.42 Å². The number of hydrogen-bond acceptors (Lipinski definition) is 1. The third kappa shape index (κ3) is 5.18. The largest absolute Gasteiger partial charge is 0.319 e. The molecule has 0 fully saturated rings. The maximum absolute atomic E-state index is 12.9. The van der Waals surface area contributed by atoms with Crippen LogP contribution < -0.4 is 5.32 Å². The highest BCUT2D eigenvalue weighted by molar-refractivity contribution is 5.16. The Kier molecular flexibility index (Phi) is 6.34. The van der Waals surface area contributed by atoms with Gasteiger partial charge in [0.05, 0.1) is 0 Å². The first kappa shape index (κ1) is 15.2. The van der Waals surface area contributed by atoms with E-state index in [4.69, 9.17) is 0 Å². The molecule has 1 aromatic carbocycles. The summed E-state index contributed by atoms with van der Waals surface area (Å²) in [6.07, 6.45) is 2.27. The molecule has 1 aromatic rings. The van der Waals surface area contributed by atoms with Crippen LogP contribution in [0, 0.1) is 23.6 Å². The van der Waals surface area contributed by atoms with E-state index in [1.807, 2.05) is 19.2 Å². The second-order valence-corrected chi connectivity index (χ2v) is 5.76. The molecule has 2 unspecified atom stereocenters. The highest BCUT2D eigenvalue weighted by atomic mass is 19.1. The molecule has 0 saturated heterocycles. The molecular weight excluding hydrogens is 225 g/mol. The maximum atomic E-state index is 12.9. The van der Waals surface area contributed by atoms with Crippen molar-refractivity contribution in [3.05, 3.63) is 35.6 Å². The topological polar surface area (TPSA) is 12.0 Å². The highest BCUT2D eigenvalue weighted by Gasteiger charge is 2.18. The predicted molar refractivity (Wildman–Crippen MR) is 76.1 cm³/mol. The van der Waals surface area contributed by atoms with Gasteiger partial charge in [0.2, 0.25) is 0 Å². The van der Waals surface area contributed by atoms with E-state index in [9.17, 15) is 4.39 Å². The SMILES string of the molecule is CNCC(Cc1ccc(F)cc1)C(C)CC(C)C. The third-order valence-corrected chi connectivity index (χ3v) is 3.53. The van der Waals surface area contributed by atoms with E-state index in [-0.39, 0.29) is 5.82 Å². The fourth-order valence-corrected chi connectivity index (χ4v) is 2.60. The van der Waals surface area contributed by atoms with Crippen molar-refractivity contribution in [3.8, 4) is 0 Å². The Balaban J connectivity index is 2.64. The minimum atomic E-state index is -0.154. The minimum absolute atomic E-state index is 0.154. The van der Waals surface area contributed by atoms with Gasteiger partial charge >= 0.3 is 0 Å². The summed E-state index contributed by atoms with van der Waals surface area (Å²) < 4.78 is 12.9. The zero-order valence-corrected chi connectivity index (χ0v) is 12.0. The zero-order valence-electron chi connectivity index (χ0n) is 12.0. The molecule has 1 nitrogen and oxygen atoms in total. The van der Waals surface area contributed by atoms with E-state index in [0.717, 1.165) is 18.9 Å². The van der Waals surface area contributed by atoms with Crippen molar-refractivity contribution < 1.29 is 4.39 Å². The van der Waals surface area contributed by atoms with Crippen LogP contribution in [0.25, 0.3) is 0 Å². The van der Waals surface area contributed by atoms with Crippen LogP contribution >= 0.6 is 0 Å². The number of halogens is 1. The van der Waals surface area contributed by atoms with E-state index >= 15 is 0 Å². The van der Waals surface area contributed by atoms with Gasteiger partial charge in [0.25, 0.3) is 0 Å². The molecule has 0 bridgehead atoms. The van der Waals surface area contributed by atoms with E-state index in [1.165, 1.54) is 12.0 Å². The number of hydrogen-bond donors (Lipinski definition) is 1. The van der Waals surface area contributed by atoms with Crippen LogP contribution in [-0.4, -0.2) is 13.6 Å². The molecular formula is C16H26FN. The Labute approximate surface area is 111 Å². The molecule has 0 aliphatic rings. The van der Waals surface area contributed by atoms with Gasteiger partial charge in [0, 0.05) is 0 Å². The van der Waals surface area contributed by atoms with Gasteiger partial charge in [0.15, 0.2) is 0 Å². The summed E-state index contributed by atoms with van der Waals surface area (Å²) in [6.45, 7) is 7.88. The average molecular weight is 251 g/mol. The summed E-state index contributed by atoms with van der Waals surface area (Å²) in [5, 5.41) is 3.28. The Morgan fingerprint density at radius 1 is 1.11 bits per heavy atom. The van der Waals surface area contributed by atoms with Gasteiger partial charge in [-0.2, -0.15) is 0 Å². The molecule has 0 aromatic heterocycles. The summed E-state index contributed by atoms with van der Waals surface area (Å²) in [5.74, 6) is 1.87. The van der Waals surface area contributed by atoms with Crippen molar-refractivity contribution in [2.45, 2.75) is 33.6 Å². The lowest BCUT2D eigenvalue weighted by atomic mass is 9.83. The lowest BCUT2D eigenvalue weighted by Gasteiger charge is -2.25. The summed E-state index contributed by atoms with van der Waals surface area (Å²) in [4.78, 5) is 0. The second kappa shape index (κ2) is 7.52. The first-order valence-corrected chi connectivity index (χ1v) is 6.92. The monoisotopic (exact) mass is 251 g/mol. The first-order valence-electron chi connectivity index (χ1n) is 6.92. The van der Waals surface area contributed by atoms with Gasteiger partial charge < -0.3 is 5.32 Å². The van der Waals surface area contributed by atoms with Gasteiger partial charge in [-0.3, -0.25) is 0 Å². The van der Waals surface area contributed by atoms with Crippen LogP contribution in [0.3, 0.4) is 0 Å².